The van der Waals surface area contributed by atoms with Gasteiger partial charge in [0.25, 0.3) is 5.91 Å². The van der Waals surface area contributed by atoms with E-state index in [1.807, 2.05) is 49.4 Å². The van der Waals surface area contributed by atoms with E-state index >= 15 is 0 Å². The van der Waals surface area contributed by atoms with Crippen LogP contribution in [0.2, 0.25) is 0 Å². The van der Waals surface area contributed by atoms with Crippen LogP contribution in [0.25, 0.3) is 0 Å². The second kappa shape index (κ2) is 9.15. The molecule has 0 saturated carbocycles. The number of anilines is 1. The number of amides is 2. The fourth-order valence-corrected chi connectivity index (χ4v) is 4.94. The van der Waals surface area contributed by atoms with Crippen LogP contribution in [-0.4, -0.2) is 36.6 Å². The Morgan fingerprint density at radius 1 is 1.12 bits per heavy atom. The number of fused-ring (bicyclic) bond motifs is 3. The predicted molar refractivity (Wildman–Crippen MR) is 125 cm³/mol. The molecule has 168 valence electrons. The Labute approximate surface area is 196 Å². The molecule has 33 heavy (non-hydrogen) atoms. The van der Waals surface area contributed by atoms with E-state index in [9.17, 15) is 9.59 Å². The number of nitrogens with zero attached hydrogens (tertiary/aromatic N) is 2. The molecule has 0 saturated heterocycles. The molecule has 1 unspecified atom stereocenters. The zero-order chi connectivity index (χ0) is 22.8. The van der Waals surface area contributed by atoms with Gasteiger partial charge in [0.1, 0.15) is 18.2 Å². The Morgan fingerprint density at radius 2 is 1.94 bits per heavy atom. The number of para-hydroxylation sites is 1. The first-order valence-corrected chi connectivity index (χ1v) is 11.6. The van der Waals surface area contributed by atoms with Crippen LogP contribution < -0.4 is 19.7 Å². The summed E-state index contributed by atoms with van der Waals surface area (Å²) in [5.41, 5.74) is 2.27. The van der Waals surface area contributed by atoms with Crippen molar-refractivity contribution in [1.29, 1.82) is 0 Å². The third kappa shape index (κ3) is 4.39. The van der Waals surface area contributed by atoms with Crippen molar-refractivity contribution in [3.63, 3.8) is 0 Å². The highest BCUT2D eigenvalue weighted by molar-refractivity contribution is 7.99. The largest absolute Gasteiger partial charge is 0.486 e. The van der Waals surface area contributed by atoms with E-state index < -0.39 is 0 Å². The van der Waals surface area contributed by atoms with E-state index in [0.29, 0.717) is 29.6 Å². The number of carbonyl (C=O) groups excluding carboxylic acids is 2. The average Bonchev–Trinajstić information content (AvgIpc) is 2.96. The normalized spacial score (nSPS) is 15.2. The molecule has 0 bridgehead atoms. The Kier molecular flexibility index (Phi) is 5.92. The van der Waals surface area contributed by atoms with Crippen molar-refractivity contribution in [2.45, 2.75) is 29.3 Å². The summed E-state index contributed by atoms with van der Waals surface area (Å²) in [6.45, 7) is 3.24. The Bertz CT molecular complexity index is 1220. The first kappa shape index (κ1) is 21.3. The first-order valence-electron chi connectivity index (χ1n) is 10.8. The summed E-state index contributed by atoms with van der Waals surface area (Å²) >= 11 is 1.47. The van der Waals surface area contributed by atoms with Crippen LogP contribution in [0.15, 0.2) is 70.7 Å². The van der Waals surface area contributed by atoms with Crippen molar-refractivity contribution in [3.8, 4) is 11.5 Å². The van der Waals surface area contributed by atoms with Crippen LogP contribution in [0, 0.1) is 0 Å². The van der Waals surface area contributed by atoms with Gasteiger partial charge in [-0.3, -0.25) is 9.59 Å². The maximum absolute atomic E-state index is 13.3. The average molecular weight is 462 g/mol. The van der Waals surface area contributed by atoms with Crippen molar-refractivity contribution in [3.05, 3.63) is 71.9 Å². The van der Waals surface area contributed by atoms with Crippen LogP contribution in [0.1, 0.15) is 35.3 Å². The standard InChI is InChI=1S/C25H23N3O4S/c1-16(17-8-9-20-21(15-17)32-14-13-31-20)27-23(29)10-12-28-19-6-2-3-7-22(19)33-24-18(25(28)30)5-4-11-26-24/h2-9,11,15-16H,10,12-14H2,1H3,(H,27,29). The lowest BCUT2D eigenvalue weighted by molar-refractivity contribution is -0.121. The lowest BCUT2D eigenvalue weighted by atomic mass is 10.1. The number of nitrogens with one attached hydrogen (secondary N) is 1. The van der Waals surface area contributed by atoms with Crippen molar-refractivity contribution in [1.82, 2.24) is 10.3 Å². The van der Waals surface area contributed by atoms with Gasteiger partial charge < -0.3 is 19.7 Å². The number of benzene rings is 2. The van der Waals surface area contributed by atoms with Gasteiger partial charge in [0.15, 0.2) is 11.5 Å². The smallest absolute Gasteiger partial charge is 0.261 e. The molecule has 1 atom stereocenters. The van der Waals surface area contributed by atoms with Crippen molar-refractivity contribution in [2.24, 2.45) is 0 Å². The molecule has 3 aromatic rings. The molecule has 0 radical (unpaired) electrons. The highest BCUT2D eigenvalue weighted by atomic mass is 32.2. The summed E-state index contributed by atoms with van der Waals surface area (Å²) in [5, 5.41) is 3.70. The van der Waals surface area contributed by atoms with Crippen LogP contribution in [-0.2, 0) is 4.79 Å². The van der Waals surface area contributed by atoms with Gasteiger partial charge in [-0.1, -0.05) is 30.0 Å². The highest BCUT2D eigenvalue weighted by Crippen LogP contribution is 2.40. The Morgan fingerprint density at radius 3 is 2.82 bits per heavy atom. The number of aromatic nitrogens is 1. The van der Waals surface area contributed by atoms with Gasteiger partial charge in [0.05, 0.1) is 17.3 Å². The first-order chi connectivity index (χ1) is 16.1. The minimum atomic E-state index is -0.207. The molecule has 0 spiro atoms. The van der Waals surface area contributed by atoms with E-state index in [4.69, 9.17) is 9.47 Å². The Balaban J connectivity index is 1.29. The molecule has 1 aromatic heterocycles. The van der Waals surface area contributed by atoms with E-state index in [1.54, 1.807) is 23.2 Å². The van der Waals surface area contributed by atoms with E-state index in [-0.39, 0.29) is 30.8 Å². The topological polar surface area (TPSA) is 80.8 Å². The zero-order valence-corrected chi connectivity index (χ0v) is 18.9. The zero-order valence-electron chi connectivity index (χ0n) is 18.1. The van der Waals surface area contributed by atoms with Gasteiger partial charge >= 0.3 is 0 Å². The Hall–Kier alpha value is -3.52. The third-order valence-corrected chi connectivity index (χ3v) is 6.70. The molecule has 2 aliphatic rings. The van der Waals surface area contributed by atoms with Crippen LogP contribution in [0.4, 0.5) is 5.69 Å². The second-order valence-electron chi connectivity index (χ2n) is 7.82. The summed E-state index contributed by atoms with van der Waals surface area (Å²) in [5.74, 6) is 1.13. The molecule has 5 rings (SSSR count). The fraction of sp³-hybridized carbons (Fsp3) is 0.240. The van der Waals surface area contributed by atoms with E-state index in [1.165, 1.54) is 11.8 Å². The lowest BCUT2D eigenvalue weighted by Gasteiger charge is -2.23. The van der Waals surface area contributed by atoms with Gasteiger partial charge in [-0.05, 0) is 48.9 Å². The molecule has 7 nitrogen and oxygen atoms in total. The van der Waals surface area contributed by atoms with Crippen LogP contribution in [0.3, 0.4) is 0 Å². The third-order valence-electron chi connectivity index (χ3n) is 5.62. The number of pyridine rings is 1. The minimum Gasteiger partial charge on any atom is -0.486 e. The van der Waals surface area contributed by atoms with Gasteiger partial charge in [-0.25, -0.2) is 4.98 Å². The lowest BCUT2D eigenvalue weighted by Crippen LogP contribution is -2.36. The number of carbonyl (C=O) groups is 2. The molecule has 2 aliphatic heterocycles. The number of hydrogen-bond acceptors (Lipinski definition) is 6. The van der Waals surface area contributed by atoms with E-state index in [2.05, 4.69) is 10.3 Å². The predicted octanol–water partition coefficient (Wildman–Crippen LogP) is 4.23. The molecule has 0 fully saturated rings. The monoisotopic (exact) mass is 461 g/mol. The highest BCUT2D eigenvalue weighted by Gasteiger charge is 2.28. The summed E-state index contributed by atoms with van der Waals surface area (Å²) in [4.78, 5) is 33.1. The van der Waals surface area contributed by atoms with Gasteiger partial charge in [0, 0.05) is 24.1 Å². The quantitative estimate of drug-likeness (QED) is 0.613. The number of hydrogen-bond donors (Lipinski definition) is 1. The maximum Gasteiger partial charge on any atom is 0.261 e. The van der Waals surface area contributed by atoms with Gasteiger partial charge in [0.2, 0.25) is 5.91 Å². The fourth-order valence-electron chi connectivity index (χ4n) is 3.92. The summed E-state index contributed by atoms with van der Waals surface area (Å²) in [6, 6.07) is 16.7. The maximum atomic E-state index is 13.3. The van der Waals surface area contributed by atoms with Gasteiger partial charge in [-0.2, -0.15) is 0 Å². The van der Waals surface area contributed by atoms with Gasteiger partial charge in [-0.15, -0.1) is 0 Å². The van der Waals surface area contributed by atoms with Crippen molar-refractivity contribution in [2.75, 3.05) is 24.7 Å². The molecule has 0 aliphatic carbocycles. The summed E-state index contributed by atoms with van der Waals surface area (Å²) in [7, 11) is 0. The minimum absolute atomic E-state index is 0.133. The van der Waals surface area contributed by atoms with Crippen LogP contribution in [0.5, 0.6) is 11.5 Å². The summed E-state index contributed by atoms with van der Waals surface area (Å²) < 4.78 is 11.2. The van der Waals surface area contributed by atoms with Crippen LogP contribution >= 0.6 is 11.8 Å². The van der Waals surface area contributed by atoms with Crippen molar-refractivity contribution >= 4 is 29.3 Å². The van der Waals surface area contributed by atoms with E-state index in [0.717, 1.165) is 21.9 Å². The molecular formula is C25H23N3O4S. The molecule has 2 aromatic carbocycles. The molecule has 1 N–H and O–H groups in total. The molecule has 8 heteroatoms. The summed E-state index contributed by atoms with van der Waals surface area (Å²) in [6.07, 6.45) is 1.86. The SMILES string of the molecule is CC(NC(=O)CCN1C(=O)c2cccnc2Sc2ccccc21)c1ccc2c(c1)OCCO2. The number of ether oxygens (including phenoxy) is 2. The second-order valence-corrected chi connectivity index (χ2v) is 8.86. The molecule has 2 amide bonds. The molecular weight excluding hydrogens is 438 g/mol. The molecule has 3 heterocycles. The number of rotatable bonds is 5. The van der Waals surface area contributed by atoms with Crippen molar-refractivity contribution < 1.29 is 19.1 Å².